The van der Waals surface area contributed by atoms with Crippen LogP contribution in [0, 0.1) is 5.92 Å². The molecule has 22 heavy (non-hydrogen) atoms. The van der Waals surface area contributed by atoms with Gasteiger partial charge in [-0.2, -0.15) is 0 Å². The summed E-state index contributed by atoms with van der Waals surface area (Å²) in [5.74, 6) is 0.891. The number of H-pyrrole nitrogens is 1. The van der Waals surface area contributed by atoms with Crippen LogP contribution in [0.25, 0.3) is 0 Å². The van der Waals surface area contributed by atoms with E-state index in [4.69, 9.17) is 0 Å². The van der Waals surface area contributed by atoms with Gasteiger partial charge in [0.2, 0.25) is 0 Å². The second-order valence-electron chi connectivity index (χ2n) is 5.83. The highest BCUT2D eigenvalue weighted by molar-refractivity contribution is 9.10. The summed E-state index contributed by atoms with van der Waals surface area (Å²) in [6.45, 7) is 4.67. The molecular weight excluding hydrogens is 352 g/mol. The highest BCUT2D eigenvalue weighted by Crippen LogP contribution is 2.33. The van der Waals surface area contributed by atoms with Crippen molar-refractivity contribution in [1.82, 2.24) is 20.2 Å². The third kappa shape index (κ3) is 3.80. The first kappa shape index (κ1) is 17.2. The molecule has 1 aromatic rings. The summed E-state index contributed by atoms with van der Waals surface area (Å²) in [5, 5.41) is 13.5. The van der Waals surface area contributed by atoms with E-state index in [1.165, 1.54) is 7.11 Å². The molecule has 3 atom stereocenters. The predicted molar refractivity (Wildman–Crippen MR) is 85.1 cm³/mol. The van der Waals surface area contributed by atoms with Crippen molar-refractivity contribution >= 4 is 22.0 Å². The van der Waals surface area contributed by atoms with E-state index in [9.17, 15) is 9.90 Å². The lowest BCUT2D eigenvalue weighted by molar-refractivity contribution is -0.0440. The van der Waals surface area contributed by atoms with E-state index in [0.717, 1.165) is 29.8 Å². The van der Waals surface area contributed by atoms with E-state index in [0.29, 0.717) is 0 Å². The maximum Gasteiger partial charge on any atom is 0.407 e. The molecule has 7 nitrogen and oxygen atoms in total. The van der Waals surface area contributed by atoms with E-state index in [-0.39, 0.29) is 12.0 Å². The van der Waals surface area contributed by atoms with Crippen molar-refractivity contribution in [3.05, 3.63) is 16.6 Å². The number of aromatic nitrogens is 2. The van der Waals surface area contributed by atoms with Crippen molar-refractivity contribution in [3.8, 4) is 0 Å². The van der Waals surface area contributed by atoms with Gasteiger partial charge in [0.15, 0.2) is 0 Å². The zero-order chi connectivity index (χ0) is 16.3. The largest absolute Gasteiger partial charge is 0.453 e. The average Bonchev–Trinajstić information content (AvgIpc) is 3.11. The highest BCUT2D eigenvalue weighted by atomic mass is 79.9. The minimum absolute atomic E-state index is 0.0157. The Balaban J connectivity index is 2.14. The standard InChI is InChI=1S/C14H23BrN4O3/c1-8(2)11(18-14(21)22-3)13(20)19-6-4-5-9(19)12-16-7-10(15)17-12/h7-9,11,13,20H,4-6H2,1-3H3,(H,16,17)(H,18,21)/t9-,11-,13?/m0/s1. The second kappa shape index (κ2) is 7.43. The molecule has 1 unspecified atom stereocenters. The minimum atomic E-state index is -0.796. The normalized spacial score (nSPS) is 21.8. The van der Waals surface area contributed by atoms with Crippen molar-refractivity contribution in [2.75, 3.05) is 13.7 Å². The number of halogens is 1. The molecule has 124 valence electrons. The quantitative estimate of drug-likeness (QED) is 0.733. The fraction of sp³-hybridized carbons (Fsp3) is 0.714. The Morgan fingerprint density at radius 1 is 1.64 bits per heavy atom. The van der Waals surface area contributed by atoms with Crippen molar-refractivity contribution in [1.29, 1.82) is 0 Å². The fourth-order valence-electron chi connectivity index (χ4n) is 2.87. The number of carbonyl (C=O) groups is 1. The summed E-state index contributed by atoms with van der Waals surface area (Å²) in [6, 6.07) is -0.395. The number of likely N-dealkylation sites (tertiary alicyclic amines) is 1. The van der Waals surface area contributed by atoms with Crippen molar-refractivity contribution in [3.63, 3.8) is 0 Å². The van der Waals surface area contributed by atoms with Gasteiger partial charge in [0.25, 0.3) is 0 Å². The van der Waals surface area contributed by atoms with E-state index >= 15 is 0 Å². The Kier molecular flexibility index (Phi) is 5.82. The van der Waals surface area contributed by atoms with Crippen LogP contribution in [0.2, 0.25) is 0 Å². The first-order chi connectivity index (χ1) is 10.4. The topological polar surface area (TPSA) is 90.5 Å². The molecule has 1 aliphatic heterocycles. The maximum absolute atomic E-state index is 11.5. The fourth-order valence-corrected chi connectivity index (χ4v) is 3.17. The van der Waals surface area contributed by atoms with Gasteiger partial charge in [-0.25, -0.2) is 9.78 Å². The number of amides is 1. The molecule has 2 rings (SSSR count). The number of hydrogen-bond acceptors (Lipinski definition) is 5. The number of imidazole rings is 1. The van der Waals surface area contributed by atoms with Crippen LogP contribution in [0.4, 0.5) is 4.79 Å². The zero-order valence-electron chi connectivity index (χ0n) is 13.0. The summed E-state index contributed by atoms with van der Waals surface area (Å²) < 4.78 is 5.47. The Hall–Kier alpha value is -1.12. The molecule has 0 aliphatic carbocycles. The summed E-state index contributed by atoms with van der Waals surface area (Å²) in [6.07, 6.45) is 2.28. The molecule has 1 fully saturated rings. The van der Waals surface area contributed by atoms with Crippen LogP contribution in [0.15, 0.2) is 10.8 Å². The molecule has 2 heterocycles. The molecule has 1 aromatic heterocycles. The molecule has 8 heteroatoms. The van der Waals surface area contributed by atoms with E-state index in [2.05, 4.69) is 36.0 Å². The van der Waals surface area contributed by atoms with Gasteiger partial charge in [0, 0.05) is 6.54 Å². The van der Waals surface area contributed by atoms with Crippen molar-refractivity contribution in [2.45, 2.75) is 45.0 Å². The zero-order valence-corrected chi connectivity index (χ0v) is 14.6. The Morgan fingerprint density at radius 3 is 2.91 bits per heavy atom. The molecule has 0 saturated carbocycles. The number of aromatic amines is 1. The van der Waals surface area contributed by atoms with Gasteiger partial charge in [-0.15, -0.1) is 0 Å². The van der Waals surface area contributed by atoms with Crippen LogP contribution < -0.4 is 5.32 Å². The van der Waals surface area contributed by atoms with Gasteiger partial charge in [0.1, 0.15) is 16.7 Å². The van der Waals surface area contributed by atoms with E-state index in [1.807, 2.05) is 18.7 Å². The van der Waals surface area contributed by atoms with Crippen LogP contribution in [0.5, 0.6) is 0 Å². The number of methoxy groups -OCH3 is 1. The number of nitrogens with one attached hydrogen (secondary N) is 2. The van der Waals surface area contributed by atoms with Crippen LogP contribution >= 0.6 is 15.9 Å². The Bertz CT molecular complexity index is 508. The molecule has 0 radical (unpaired) electrons. The Morgan fingerprint density at radius 2 is 2.36 bits per heavy atom. The number of carbonyl (C=O) groups excluding carboxylic acids is 1. The van der Waals surface area contributed by atoms with E-state index in [1.54, 1.807) is 6.20 Å². The van der Waals surface area contributed by atoms with Gasteiger partial charge < -0.3 is 20.1 Å². The van der Waals surface area contributed by atoms with Crippen LogP contribution in [0.1, 0.15) is 38.6 Å². The third-order valence-corrected chi connectivity index (χ3v) is 4.43. The first-order valence-electron chi connectivity index (χ1n) is 7.42. The minimum Gasteiger partial charge on any atom is -0.453 e. The number of aliphatic hydroxyl groups excluding tert-OH is 1. The van der Waals surface area contributed by atoms with E-state index < -0.39 is 18.4 Å². The van der Waals surface area contributed by atoms with Gasteiger partial charge in [-0.3, -0.25) is 4.90 Å². The van der Waals surface area contributed by atoms with Gasteiger partial charge in [-0.1, -0.05) is 13.8 Å². The monoisotopic (exact) mass is 374 g/mol. The smallest absolute Gasteiger partial charge is 0.407 e. The molecule has 1 saturated heterocycles. The SMILES string of the molecule is COC(=O)N[C@@H](C(C)C)C(O)N1CCC[C@H]1c1ncc(Br)[nH]1. The van der Waals surface area contributed by atoms with Gasteiger partial charge in [-0.05, 0) is 34.7 Å². The third-order valence-electron chi connectivity index (χ3n) is 4.02. The van der Waals surface area contributed by atoms with Crippen LogP contribution in [-0.4, -0.2) is 52.0 Å². The van der Waals surface area contributed by atoms with Crippen molar-refractivity contribution < 1.29 is 14.6 Å². The van der Waals surface area contributed by atoms with Crippen LogP contribution in [-0.2, 0) is 4.74 Å². The molecule has 0 bridgehead atoms. The number of alkyl carbamates (subject to hydrolysis) is 1. The second-order valence-corrected chi connectivity index (χ2v) is 6.69. The number of hydrogen-bond donors (Lipinski definition) is 3. The van der Waals surface area contributed by atoms with Crippen molar-refractivity contribution in [2.24, 2.45) is 5.92 Å². The lowest BCUT2D eigenvalue weighted by Gasteiger charge is -2.35. The molecule has 3 N–H and O–H groups in total. The van der Waals surface area contributed by atoms with Gasteiger partial charge in [0.05, 0.1) is 25.4 Å². The summed E-state index contributed by atoms with van der Waals surface area (Å²) in [5.41, 5.74) is 0. The molecular formula is C14H23BrN4O3. The van der Waals surface area contributed by atoms with Crippen LogP contribution in [0.3, 0.4) is 0 Å². The Labute approximate surface area is 138 Å². The van der Waals surface area contributed by atoms with Gasteiger partial charge >= 0.3 is 6.09 Å². The summed E-state index contributed by atoms with van der Waals surface area (Å²) in [4.78, 5) is 21.0. The predicted octanol–water partition coefficient (Wildman–Crippen LogP) is 2.01. The molecule has 1 aliphatic rings. The summed E-state index contributed by atoms with van der Waals surface area (Å²) in [7, 11) is 1.32. The lowest BCUT2D eigenvalue weighted by atomic mass is 10.0. The number of ether oxygens (including phenoxy) is 1. The number of aliphatic hydroxyl groups is 1. The molecule has 1 amide bonds. The number of rotatable bonds is 5. The maximum atomic E-state index is 11.5. The number of nitrogens with zero attached hydrogens (tertiary/aromatic N) is 2. The highest BCUT2D eigenvalue weighted by Gasteiger charge is 2.38. The average molecular weight is 375 g/mol. The summed E-state index contributed by atoms with van der Waals surface area (Å²) >= 11 is 3.36. The lowest BCUT2D eigenvalue weighted by Crippen LogP contribution is -2.54. The molecule has 0 spiro atoms. The first-order valence-corrected chi connectivity index (χ1v) is 8.22. The molecule has 0 aromatic carbocycles.